The molecule has 3 fully saturated rings. The van der Waals surface area contributed by atoms with Crippen LogP contribution in [0, 0.1) is 5.92 Å². The van der Waals surface area contributed by atoms with Gasteiger partial charge in [0.25, 0.3) is 5.91 Å². The van der Waals surface area contributed by atoms with Crippen molar-refractivity contribution in [2.24, 2.45) is 5.92 Å². The molecular weight excluding hydrogens is 352 g/mol. The molecule has 4 heterocycles. The smallest absolute Gasteiger partial charge is 0.287 e. The second-order valence-corrected chi connectivity index (χ2v) is 7.75. The number of carbonyl (C=O) groups is 1. The van der Waals surface area contributed by atoms with Crippen molar-refractivity contribution >= 4 is 16.9 Å². The minimum Gasteiger partial charge on any atom is -0.496 e. The van der Waals surface area contributed by atoms with E-state index in [1.165, 1.54) is 12.8 Å². The number of nitrogens with zero attached hydrogens (tertiary/aromatic N) is 1. The predicted molar refractivity (Wildman–Crippen MR) is 109 cm³/mol. The zero-order valence-corrected chi connectivity index (χ0v) is 16.0. The van der Waals surface area contributed by atoms with E-state index < -0.39 is 0 Å². The lowest BCUT2D eigenvalue weighted by Crippen LogP contribution is -2.57. The first kappa shape index (κ1) is 17.3. The summed E-state index contributed by atoms with van der Waals surface area (Å²) in [7, 11) is 1.66. The van der Waals surface area contributed by atoms with Crippen LogP contribution in [0.4, 0.5) is 0 Å². The third kappa shape index (κ3) is 2.96. The van der Waals surface area contributed by atoms with E-state index in [0.29, 0.717) is 17.3 Å². The van der Waals surface area contributed by atoms with Gasteiger partial charge in [-0.3, -0.25) is 4.79 Å². The summed E-state index contributed by atoms with van der Waals surface area (Å²) in [5.74, 6) is 1.61. The molecule has 0 unspecified atom stereocenters. The number of piperidine rings is 3. The van der Waals surface area contributed by atoms with Gasteiger partial charge in [-0.15, -0.1) is 0 Å². The minimum atomic E-state index is -0.124. The molecule has 3 saturated heterocycles. The van der Waals surface area contributed by atoms with Crippen molar-refractivity contribution in [2.45, 2.75) is 18.9 Å². The summed E-state index contributed by atoms with van der Waals surface area (Å²) < 4.78 is 11.6. The lowest BCUT2D eigenvalue weighted by Gasteiger charge is -2.44. The zero-order chi connectivity index (χ0) is 19.1. The van der Waals surface area contributed by atoms with Crippen LogP contribution in [-0.2, 0) is 0 Å². The molecule has 3 aliphatic heterocycles. The van der Waals surface area contributed by atoms with E-state index in [9.17, 15) is 4.79 Å². The molecule has 0 aliphatic carbocycles. The van der Waals surface area contributed by atoms with E-state index >= 15 is 0 Å². The van der Waals surface area contributed by atoms with Crippen molar-refractivity contribution < 1.29 is 13.9 Å². The van der Waals surface area contributed by atoms with Crippen LogP contribution in [-0.4, -0.2) is 43.6 Å². The number of amides is 1. The van der Waals surface area contributed by atoms with E-state index in [0.717, 1.165) is 41.9 Å². The highest BCUT2D eigenvalue weighted by Crippen LogP contribution is 2.36. The Balaban J connectivity index is 1.46. The molecule has 5 heteroatoms. The number of furan rings is 1. The fourth-order valence-corrected chi connectivity index (χ4v) is 4.62. The van der Waals surface area contributed by atoms with Gasteiger partial charge in [0, 0.05) is 29.1 Å². The lowest BCUT2D eigenvalue weighted by molar-refractivity contribution is 0.0607. The summed E-state index contributed by atoms with van der Waals surface area (Å²) in [5, 5.41) is 4.13. The van der Waals surface area contributed by atoms with Gasteiger partial charge in [-0.25, -0.2) is 0 Å². The normalized spacial score (nSPS) is 23.7. The molecule has 1 aromatic heterocycles. The molecule has 3 aliphatic rings. The summed E-state index contributed by atoms with van der Waals surface area (Å²) in [6.07, 6.45) is 2.34. The maximum Gasteiger partial charge on any atom is 0.287 e. The second kappa shape index (κ2) is 6.99. The van der Waals surface area contributed by atoms with Crippen LogP contribution in [0.5, 0.6) is 5.75 Å². The minimum absolute atomic E-state index is 0.124. The van der Waals surface area contributed by atoms with E-state index in [4.69, 9.17) is 9.15 Å². The molecule has 3 aromatic rings. The molecule has 0 spiro atoms. The van der Waals surface area contributed by atoms with Crippen molar-refractivity contribution in [1.82, 2.24) is 10.2 Å². The molecule has 1 atom stereocenters. The van der Waals surface area contributed by atoms with Gasteiger partial charge in [-0.05, 0) is 44.0 Å². The van der Waals surface area contributed by atoms with E-state index in [1.807, 2.05) is 48.5 Å². The maximum absolute atomic E-state index is 12.9. The topological polar surface area (TPSA) is 54.7 Å². The third-order valence-corrected chi connectivity index (χ3v) is 6.14. The van der Waals surface area contributed by atoms with Crippen molar-refractivity contribution in [1.29, 1.82) is 0 Å². The van der Waals surface area contributed by atoms with Crippen LogP contribution in [0.25, 0.3) is 22.1 Å². The van der Waals surface area contributed by atoms with Crippen LogP contribution in [0.1, 0.15) is 23.4 Å². The summed E-state index contributed by atoms with van der Waals surface area (Å²) in [4.78, 5) is 15.3. The molecule has 2 bridgehead atoms. The maximum atomic E-state index is 12.9. The average molecular weight is 376 g/mol. The molecule has 0 saturated carbocycles. The number of hydrogen-bond donors (Lipinski definition) is 1. The SMILES string of the molecule is COc1ccccc1-c1cccc2cc(C(=O)N[C@@H]3CN4CCC3CC4)oc12. The Labute approximate surface area is 164 Å². The van der Waals surface area contributed by atoms with Gasteiger partial charge in [0.15, 0.2) is 5.76 Å². The standard InChI is InChI=1S/C23H24N2O3/c1-27-20-8-3-2-6-17(20)18-7-4-5-16-13-21(28-22(16)18)23(26)24-19-14-25-11-9-15(19)10-12-25/h2-8,13,15,19H,9-12,14H2,1H3,(H,24,26)/t19-/m1/s1. The Bertz CT molecular complexity index is 1020. The highest BCUT2D eigenvalue weighted by atomic mass is 16.5. The molecule has 144 valence electrons. The highest BCUT2D eigenvalue weighted by molar-refractivity contribution is 6.00. The van der Waals surface area contributed by atoms with Crippen LogP contribution in [0.15, 0.2) is 52.9 Å². The number of nitrogens with one attached hydrogen (secondary N) is 1. The summed E-state index contributed by atoms with van der Waals surface area (Å²) in [5.41, 5.74) is 2.59. The van der Waals surface area contributed by atoms with Crippen molar-refractivity contribution in [3.8, 4) is 16.9 Å². The van der Waals surface area contributed by atoms with E-state index in [1.54, 1.807) is 7.11 Å². The molecule has 0 radical (unpaired) electrons. The van der Waals surface area contributed by atoms with E-state index in [2.05, 4.69) is 10.2 Å². The van der Waals surface area contributed by atoms with Gasteiger partial charge in [0.2, 0.25) is 0 Å². The Morgan fingerprint density at radius 3 is 2.64 bits per heavy atom. The molecule has 28 heavy (non-hydrogen) atoms. The van der Waals surface area contributed by atoms with Gasteiger partial charge in [-0.1, -0.05) is 36.4 Å². The number of hydrogen-bond acceptors (Lipinski definition) is 4. The summed E-state index contributed by atoms with van der Waals surface area (Å²) in [6.45, 7) is 3.26. The number of fused-ring (bicyclic) bond motifs is 4. The Morgan fingerprint density at radius 1 is 1.11 bits per heavy atom. The number of para-hydroxylation sites is 2. The molecule has 6 rings (SSSR count). The fraction of sp³-hybridized carbons (Fsp3) is 0.348. The van der Waals surface area contributed by atoms with Crippen molar-refractivity contribution in [3.05, 3.63) is 54.3 Å². The highest BCUT2D eigenvalue weighted by Gasteiger charge is 2.35. The molecule has 5 nitrogen and oxygen atoms in total. The first-order valence-electron chi connectivity index (χ1n) is 9.92. The van der Waals surface area contributed by atoms with Crippen molar-refractivity contribution in [2.75, 3.05) is 26.7 Å². The third-order valence-electron chi connectivity index (χ3n) is 6.14. The number of benzene rings is 2. The zero-order valence-electron chi connectivity index (χ0n) is 16.0. The van der Waals surface area contributed by atoms with Crippen molar-refractivity contribution in [3.63, 3.8) is 0 Å². The monoisotopic (exact) mass is 376 g/mol. The number of rotatable bonds is 4. The number of carbonyl (C=O) groups excluding carboxylic acids is 1. The Morgan fingerprint density at radius 2 is 1.89 bits per heavy atom. The van der Waals surface area contributed by atoms with Crippen LogP contribution in [0.2, 0.25) is 0 Å². The van der Waals surface area contributed by atoms with E-state index in [-0.39, 0.29) is 11.9 Å². The van der Waals surface area contributed by atoms with Gasteiger partial charge in [0.05, 0.1) is 7.11 Å². The lowest BCUT2D eigenvalue weighted by atomic mass is 9.84. The second-order valence-electron chi connectivity index (χ2n) is 7.75. The van der Waals surface area contributed by atoms with Gasteiger partial charge < -0.3 is 19.4 Å². The van der Waals surface area contributed by atoms with Crippen LogP contribution < -0.4 is 10.1 Å². The Kier molecular flexibility index (Phi) is 4.32. The molecular formula is C23H24N2O3. The first-order valence-corrected chi connectivity index (χ1v) is 9.92. The number of methoxy groups -OCH3 is 1. The summed E-state index contributed by atoms with van der Waals surface area (Å²) >= 11 is 0. The largest absolute Gasteiger partial charge is 0.496 e. The first-order chi connectivity index (χ1) is 13.7. The van der Waals surface area contributed by atoms with Crippen LogP contribution >= 0.6 is 0 Å². The average Bonchev–Trinajstić information content (AvgIpc) is 3.19. The quantitative estimate of drug-likeness (QED) is 0.750. The molecule has 1 N–H and O–H groups in total. The van der Waals surface area contributed by atoms with Gasteiger partial charge in [-0.2, -0.15) is 0 Å². The molecule has 2 aromatic carbocycles. The predicted octanol–water partition coefficient (Wildman–Crippen LogP) is 3.93. The Hall–Kier alpha value is -2.79. The molecule has 1 amide bonds. The fourth-order valence-electron chi connectivity index (χ4n) is 4.62. The number of ether oxygens (including phenoxy) is 1. The summed E-state index contributed by atoms with van der Waals surface area (Å²) in [6, 6.07) is 15.9. The van der Waals surface area contributed by atoms with Gasteiger partial charge in [0.1, 0.15) is 11.3 Å². The van der Waals surface area contributed by atoms with Crippen LogP contribution in [0.3, 0.4) is 0 Å². The van der Waals surface area contributed by atoms with Gasteiger partial charge >= 0.3 is 0 Å².